The number of benzene rings is 1. The average Bonchev–Trinajstić information content (AvgIpc) is 2.54. The van der Waals surface area contributed by atoms with E-state index in [2.05, 4.69) is 12.1 Å². The Morgan fingerprint density at radius 1 is 1.14 bits per heavy atom. The van der Waals surface area contributed by atoms with E-state index in [9.17, 15) is 9.59 Å². The number of piperidine rings is 1. The van der Waals surface area contributed by atoms with Gasteiger partial charge in [-0.1, -0.05) is 24.3 Å². The number of carbonyl (C=O) groups excluding carboxylic acids is 2. The minimum absolute atomic E-state index is 0.00663. The maximum atomic E-state index is 13.1. The Kier molecular flexibility index (Phi) is 4.46. The smallest absolute Gasteiger partial charge is 0.230 e. The van der Waals surface area contributed by atoms with Crippen molar-refractivity contribution < 1.29 is 9.59 Å². The highest BCUT2D eigenvalue weighted by molar-refractivity contribution is 5.85. The van der Waals surface area contributed by atoms with Crippen LogP contribution < -0.4 is 5.73 Å². The largest absolute Gasteiger partial charge is 0.370 e. The molecule has 1 heterocycles. The number of fused-ring (bicyclic) bond motifs is 1. The van der Waals surface area contributed by atoms with E-state index in [1.807, 2.05) is 17.0 Å². The molecule has 2 atom stereocenters. The van der Waals surface area contributed by atoms with Crippen LogP contribution in [-0.2, 0) is 16.0 Å². The number of aryl methyl sites for hydroxylation is 1. The number of primary amides is 1. The number of rotatable bonds is 3. The highest BCUT2D eigenvalue weighted by Gasteiger charge is 2.34. The van der Waals surface area contributed by atoms with E-state index in [4.69, 9.17) is 5.73 Å². The van der Waals surface area contributed by atoms with Crippen molar-refractivity contribution in [2.24, 2.45) is 5.73 Å². The van der Waals surface area contributed by atoms with Gasteiger partial charge in [-0.15, -0.1) is 0 Å². The average molecular weight is 300 g/mol. The second-order valence-electron chi connectivity index (χ2n) is 6.50. The molecule has 4 nitrogen and oxygen atoms in total. The van der Waals surface area contributed by atoms with Crippen LogP contribution in [0.15, 0.2) is 24.3 Å². The molecule has 1 aromatic carbocycles. The summed E-state index contributed by atoms with van der Waals surface area (Å²) in [6.07, 6.45) is 6.31. The fourth-order valence-electron chi connectivity index (χ4n) is 3.95. The molecule has 0 radical (unpaired) electrons. The van der Waals surface area contributed by atoms with E-state index in [0.717, 1.165) is 45.1 Å². The SMILES string of the molecule is NC(=O)C[C@@H]1CCCCN1C(=O)[C@@H]1CCCc2ccccc21. The molecule has 4 heteroatoms. The lowest BCUT2D eigenvalue weighted by Crippen LogP contribution is -2.47. The van der Waals surface area contributed by atoms with Crippen LogP contribution in [0, 0.1) is 0 Å². The number of amides is 2. The second-order valence-corrected chi connectivity index (χ2v) is 6.50. The third-order valence-corrected chi connectivity index (χ3v) is 5.01. The molecule has 1 aromatic rings. The first-order chi connectivity index (χ1) is 10.7. The monoisotopic (exact) mass is 300 g/mol. The highest BCUT2D eigenvalue weighted by Crippen LogP contribution is 2.34. The summed E-state index contributed by atoms with van der Waals surface area (Å²) in [7, 11) is 0. The molecule has 1 fully saturated rings. The fourth-order valence-corrected chi connectivity index (χ4v) is 3.95. The van der Waals surface area contributed by atoms with Gasteiger partial charge in [0.15, 0.2) is 0 Å². The first kappa shape index (κ1) is 15.1. The van der Waals surface area contributed by atoms with Crippen LogP contribution in [0.25, 0.3) is 0 Å². The highest BCUT2D eigenvalue weighted by atomic mass is 16.2. The maximum Gasteiger partial charge on any atom is 0.230 e. The van der Waals surface area contributed by atoms with Crippen molar-refractivity contribution >= 4 is 11.8 Å². The Balaban J connectivity index is 1.82. The Morgan fingerprint density at radius 3 is 2.77 bits per heavy atom. The van der Waals surface area contributed by atoms with E-state index in [-0.39, 0.29) is 23.8 Å². The van der Waals surface area contributed by atoms with Gasteiger partial charge < -0.3 is 10.6 Å². The van der Waals surface area contributed by atoms with E-state index >= 15 is 0 Å². The summed E-state index contributed by atoms with van der Waals surface area (Å²) in [6.45, 7) is 0.759. The standard InChI is InChI=1S/C18H24N2O2/c19-17(21)12-14-8-3-4-11-20(14)18(22)16-10-5-7-13-6-1-2-9-15(13)16/h1-2,6,9,14,16H,3-5,7-8,10-12H2,(H2,19,21)/t14-,16+/m0/s1. The number of nitrogens with two attached hydrogens (primary N) is 1. The molecule has 118 valence electrons. The van der Waals surface area contributed by atoms with E-state index in [1.54, 1.807) is 0 Å². The number of hydrogen-bond acceptors (Lipinski definition) is 2. The Labute approximate surface area is 131 Å². The van der Waals surface area contributed by atoms with Crippen molar-refractivity contribution in [3.8, 4) is 0 Å². The molecule has 0 saturated carbocycles. The van der Waals surface area contributed by atoms with Gasteiger partial charge in [-0.3, -0.25) is 9.59 Å². The van der Waals surface area contributed by atoms with Gasteiger partial charge in [-0.2, -0.15) is 0 Å². The summed E-state index contributed by atoms with van der Waals surface area (Å²) < 4.78 is 0. The van der Waals surface area contributed by atoms with Crippen LogP contribution in [0.5, 0.6) is 0 Å². The zero-order chi connectivity index (χ0) is 15.5. The van der Waals surface area contributed by atoms with E-state index in [1.165, 1.54) is 11.1 Å². The lowest BCUT2D eigenvalue weighted by atomic mass is 9.81. The van der Waals surface area contributed by atoms with Crippen LogP contribution in [0.2, 0.25) is 0 Å². The minimum atomic E-state index is -0.311. The predicted octanol–water partition coefficient (Wildman–Crippen LogP) is 2.36. The predicted molar refractivity (Wildman–Crippen MR) is 85.3 cm³/mol. The minimum Gasteiger partial charge on any atom is -0.370 e. The number of carbonyl (C=O) groups is 2. The van der Waals surface area contributed by atoms with Crippen molar-refractivity contribution in [3.63, 3.8) is 0 Å². The molecule has 1 aliphatic carbocycles. The fraction of sp³-hybridized carbons (Fsp3) is 0.556. The molecular weight excluding hydrogens is 276 g/mol. The molecule has 2 amide bonds. The third-order valence-electron chi connectivity index (χ3n) is 5.01. The zero-order valence-corrected chi connectivity index (χ0v) is 13.0. The molecule has 0 bridgehead atoms. The molecule has 0 aromatic heterocycles. The van der Waals surface area contributed by atoms with Crippen LogP contribution in [0.4, 0.5) is 0 Å². The van der Waals surface area contributed by atoms with Gasteiger partial charge in [-0.25, -0.2) is 0 Å². The first-order valence-electron chi connectivity index (χ1n) is 8.33. The van der Waals surface area contributed by atoms with Crippen LogP contribution in [-0.4, -0.2) is 29.3 Å². The molecule has 1 aliphatic heterocycles. The summed E-state index contributed by atoms with van der Waals surface area (Å²) >= 11 is 0. The van der Waals surface area contributed by atoms with Gasteiger partial charge in [-0.05, 0) is 49.7 Å². The van der Waals surface area contributed by atoms with Gasteiger partial charge in [0.25, 0.3) is 0 Å². The molecule has 2 N–H and O–H groups in total. The van der Waals surface area contributed by atoms with Crippen LogP contribution in [0.1, 0.15) is 55.6 Å². The van der Waals surface area contributed by atoms with E-state index < -0.39 is 0 Å². The maximum absolute atomic E-state index is 13.1. The third kappa shape index (κ3) is 3.01. The number of nitrogens with zero attached hydrogens (tertiary/aromatic N) is 1. The quantitative estimate of drug-likeness (QED) is 0.931. The lowest BCUT2D eigenvalue weighted by Gasteiger charge is -2.38. The lowest BCUT2D eigenvalue weighted by molar-refractivity contribution is -0.137. The van der Waals surface area contributed by atoms with Crippen LogP contribution in [0.3, 0.4) is 0 Å². The van der Waals surface area contributed by atoms with Crippen molar-refractivity contribution in [3.05, 3.63) is 35.4 Å². The van der Waals surface area contributed by atoms with Crippen molar-refractivity contribution in [1.29, 1.82) is 0 Å². The molecule has 1 saturated heterocycles. The molecule has 0 unspecified atom stereocenters. The first-order valence-corrected chi connectivity index (χ1v) is 8.33. The summed E-state index contributed by atoms with van der Waals surface area (Å²) in [5.74, 6) is -0.162. The summed E-state index contributed by atoms with van der Waals surface area (Å²) in [6, 6.07) is 8.27. The Bertz CT molecular complexity index is 570. The molecule has 22 heavy (non-hydrogen) atoms. The molecule has 3 rings (SSSR count). The van der Waals surface area contributed by atoms with Crippen molar-refractivity contribution in [2.45, 2.75) is 56.9 Å². The normalized spacial score (nSPS) is 24.6. The van der Waals surface area contributed by atoms with Gasteiger partial charge in [0, 0.05) is 19.0 Å². The number of hydrogen-bond donors (Lipinski definition) is 1. The Morgan fingerprint density at radius 2 is 1.95 bits per heavy atom. The van der Waals surface area contributed by atoms with Gasteiger partial charge in [0.2, 0.25) is 11.8 Å². The second kappa shape index (κ2) is 6.51. The summed E-state index contributed by atoms with van der Waals surface area (Å²) in [4.78, 5) is 26.3. The number of likely N-dealkylation sites (tertiary alicyclic amines) is 1. The molecular formula is C18H24N2O2. The molecule has 2 aliphatic rings. The van der Waals surface area contributed by atoms with Crippen molar-refractivity contribution in [1.82, 2.24) is 4.90 Å². The van der Waals surface area contributed by atoms with Gasteiger partial charge in [0.05, 0.1) is 5.92 Å². The van der Waals surface area contributed by atoms with Crippen LogP contribution >= 0.6 is 0 Å². The zero-order valence-electron chi connectivity index (χ0n) is 13.0. The van der Waals surface area contributed by atoms with E-state index in [0.29, 0.717) is 6.42 Å². The van der Waals surface area contributed by atoms with Gasteiger partial charge in [0.1, 0.15) is 0 Å². The Hall–Kier alpha value is -1.84. The topological polar surface area (TPSA) is 63.4 Å². The molecule has 0 spiro atoms. The van der Waals surface area contributed by atoms with Crippen molar-refractivity contribution in [2.75, 3.05) is 6.54 Å². The summed E-state index contributed by atoms with van der Waals surface area (Å²) in [5, 5.41) is 0. The summed E-state index contributed by atoms with van der Waals surface area (Å²) in [5.41, 5.74) is 7.85. The van der Waals surface area contributed by atoms with Gasteiger partial charge >= 0.3 is 0 Å².